The molecule has 2 aliphatic heterocycles. The van der Waals surface area contributed by atoms with Crippen molar-refractivity contribution >= 4 is 51.7 Å². The molecule has 5 rings (SSSR count). The van der Waals surface area contributed by atoms with E-state index in [0.717, 1.165) is 11.1 Å². The van der Waals surface area contributed by atoms with E-state index in [2.05, 4.69) is 10.3 Å². The van der Waals surface area contributed by atoms with Crippen molar-refractivity contribution in [3.8, 4) is 0 Å². The summed E-state index contributed by atoms with van der Waals surface area (Å²) in [6.45, 7) is 0. The second-order valence-electron chi connectivity index (χ2n) is 8.27. The highest BCUT2D eigenvalue weighted by molar-refractivity contribution is 8.15. The molecule has 0 aromatic heterocycles. The van der Waals surface area contributed by atoms with Crippen molar-refractivity contribution < 1.29 is 18.4 Å². The van der Waals surface area contributed by atoms with E-state index in [0.29, 0.717) is 28.0 Å². The van der Waals surface area contributed by atoms with Crippen LogP contribution in [-0.2, 0) is 9.59 Å². The zero-order chi connectivity index (χ0) is 25.2. The lowest BCUT2D eigenvalue weighted by atomic mass is 9.98. The molecule has 182 valence electrons. The minimum Gasteiger partial charge on any atom is -0.326 e. The van der Waals surface area contributed by atoms with Gasteiger partial charge in [0.05, 0.1) is 11.8 Å². The number of rotatable bonds is 5. The van der Waals surface area contributed by atoms with Crippen LogP contribution in [0.25, 0.3) is 0 Å². The molecule has 10 heteroatoms. The molecule has 0 spiro atoms. The SMILES string of the molecule is O=C(C[C@@H]1SC(N2N=C(c3ccc(F)cc3)C[C@@H]2c2cccc(Cl)c2)=NC1=O)Nc1ccc(F)cc1. The Labute approximate surface area is 215 Å². The van der Waals surface area contributed by atoms with Crippen LogP contribution in [0.2, 0.25) is 5.02 Å². The molecule has 0 aliphatic carbocycles. The Bertz CT molecular complexity index is 1380. The van der Waals surface area contributed by atoms with Crippen molar-refractivity contribution in [3.63, 3.8) is 0 Å². The number of benzene rings is 3. The van der Waals surface area contributed by atoms with Crippen LogP contribution in [0, 0.1) is 11.6 Å². The number of hydrogen-bond acceptors (Lipinski definition) is 5. The molecule has 0 saturated heterocycles. The Morgan fingerprint density at radius 1 is 1.06 bits per heavy atom. The number of amidine groups is 1. The van der Waals surface area contributed by atoms with Crippen LogP contribution in [0.15, 0.2) is 82.9 Å². The normalized spacial score (nSPS) is 19.3. The van der Waals surface area contributed by atoms with Crippen LogP contribution in [-0.4, -0.2) is 33.0 Å². The molecule has 3 aromatic rings. The number of nitrogens with one attached hydrogen (secondary N) is 1. The number of thioether (sulfide) groups is 1. The van der Waals surface area contributed by atoms with Gasteiger partial charge in [0.2, 0.25) is 5.91 Å². The fraction of sp³-hybridized carbons (Fsp3) is 0.154. The lowest BCUT2D eigenvalue weighted by Crippen LogP contribution is -2.25. The van der Waals surface area contributed by atoms with Gasteiger partial charge in [0.1, 0.15) is 16.9 Å². The van der Waals surface area contributed by atoms with Crippen LogP contribution in [0.5, 0.6) is 0 Å². The molecule has 0 unspecified atom stereocenters. The van der Waals surface area contributed by atoms with E-state index in [1.807, 2.05) is 18.2 Å². The number of hydrazone groups is 1. The first-order valence-corrected chi connectivity index (χ1v) is 12.3. The molecule has 0 fully saturated rings. The number of aliphatic imine (C=N–C) groups is 1. The standard InChI is InChI=1S/C26H19ClF2N4O2S/c27-17-3-1-2-16(12-17)22-13-21(15-4-6-18(28)7-5-15)32-33(22)26-31-25(35)23(36-26)14-24(34)30-20-10-8-19(29)9-11-20/h1-12,22-23H,13-14H2,(H,30,34)/t22-,23+/m1/s1. The van der Waals surface area contributed by atoms with Crippen LogP contribution in [0.1, 0.15) is 30.0 Å². The number of hydrogen-bond donors (Lipinski definition) is 1. The van der Waals surface area contributed by atoms with Crippen molar-refractivity contribution in [1.82, 2.24) is 5.01 Å². The molecule has 0 saturated carbocycles. The summed E-state index contributed by atoms with van der Waals surface area (Å²) < 4.78 is 26.6. The highest BCUT2D eigenvalue weighted by Gasteiger charge is 2.39. The van der Waals surface area contributed by atoms with E-state index in [4.69, 9.17) is 16.7 Å². The van der Waals surface area contributed by atoms with Gasteiger partial charge >= 0.3 is 0 Å². The average Bonchev–Trinajstić information content (AvgIpc) is 3.45. The quantitative estimate of drug-likeness (QED) is 0.458. The third-order valence-corrected chi connectivity index (χ3v) is 7.12. The summed E-state index contributed by atoms with van der Waals surface area (Å²) in [6, 6.07) is 18.5. The fourth-order valence-corrected chi connectivity index (χ4v) is 5.26. The maximum absolute atomic E-state index is 13.5. The number of halogens is 3. The van der Waals surface area contributed by atoms with E-state index < -0.39 is 17.0 Å². The Hall–Kier alpha value is -3.56. The largest absolute Gasteiger partial charge is 0.326 e. The second kappa shape index (κ2) is 10.2. The first-order valence-electron chi connectivity index (χ1n) is 11.1. The number of carbonyl (C=O) groups excluding carboxylic acids is 2. The van der Waals surface area contributed by atoms with Gasteiger partial charge in [0.15, 0.2) is 5.17 Å². The van der Waals surface area contributed by atoms with Crippen LogP contribution in [0.4, 0.5) is 14.5 Å². The lowest BCUT2D eigenvalue weighted by Gasteiger charge is -2.23. The Kier molecular flexibility index (Phi) is 6.84. The summed E-state index contributed by atoms with van der Waals surface area (Å²) in [5.41, 5.74) is 2.80. The van der Waals surface area contributed by atoms with E-state index in [1.165, 1.54) is 48.2 Å². The van der Waals surface area contributed by atoms with Crippen molar-refractivity contribution in [3.05, 3.63) is 101 Å². The van der Waals surface area contributed by atoms with Crippen molar-refractivity contribution in [1.29, 1.82) is 0 Å². The first kappa shape index (κ1) is 24.1. The monoisotopic (exact) mass is 524 g/mol. The van der Waals surface area contributed by atoms with Gasteiger partial charge in [-0.25, -0.2) is 13.8 Å². The minimum atomic E-state index is -0.717. The molecule has 0 bridgehead atoms. The van der Waals surface area contributed by atoms with Gasteiger partial charge in [-0.3, -0.25) is 9.59 Å². The van der Waals surface area contributed by atoms with E-state index in [-0.39, 0.29) is 24.2 Å². The molecule has 0 radical (unpaired) electrons. The zero-order valence-corrected chi connectivity index (χ0v) is 20.3. The minimum absolute atomic E-state index is 0.0991. The van der Waals surface area contributed by atoms with Gasteiger partial charge in [-0.1, -0.05) is 47.6 Å². The maximum Gasteiger partial charge on any atom is 0.262 e. The maximum atomic E-state index is 13.5. The number of carbonyl (C=O) groups is 2. The van der Waals surface area contributed by atoms with Crippen LogP contribution in [0.3, 0.4) is 0 Å². The summed E-state index contributed by atoms with van der Waals surface area (Å²) in [4.78, 5) is 29.4. The van der Waals surface area contributed by atoms with Crippen LogP contribution >= 0.6 is 23.4 Å². The molecule has 1 N–H and O–H groups in total. The summed E-state index contributed by atoms with van der Waals surface area (Å²) in [5, 5.41) is 9.29. The van der Waals surface area contributed by atoms with Gasteiger partial charge in [-0.2, -0.15) is 10.1 Å². The first-order chi connectivity index (χ1) is 17.4. The van der Waals surface area contributed by atoms with Crippen molar-refractivity contribution in [2.45, 2.75) is 24.1 Å². The summed E-state index contributed by atoms with van der Waals surface area (Å²) >= 11 is 7.39. The van der Waals surface area contributed by atoms with Gasteiger partial charge in [-0.15, -0.1) is 0 Å². The van der Waals surface area contributed by atoms with E-state index in [1.54, 1.807) is 23.2 Å². The van der Waals surface area contributed by atoms with E-state index >= 15 is 0 Å². The number of nitrogens with zero attached hydrogens (tertiary/aromatic N) is 3. The highest BCUT2D eigenvalue weighted by Crippen LogP contribution is 2.39. The second-order valence-corrected chi connectivity index (χ2v) is 9.88. The number of amides is 2. The Morgan fingerprint density at radius 2 is 1.75 bits per heavy atom. The molecular weight excluding hydrogens is 506 g/mol. The van der Waals surface area contributed by atoms with E-state index in [9.17, 15) is 18.4 Å². The Balaban J connectivity index is 1.35. The predicted octanol–water partition coefficient (Wildman–Crippen LogP) is 5.80. The van der Waals surface area contributed by atoms with Gasteiger partial charge < -0.3 is 5.32 Å². The van der Waals surface area contributed by atoms with Crippen molar-refractivity contribution in [2.75, 3.05) is 5.32 Å². The predicted molar refractivity (Wildman–Crippen MR) is 137 cm³/mol. The molecule has 2 amide bonds. The molecule has 3 aromatic carbocycles. The molecule has 6 nitrogen and oxygen atoms in total. The Morgan fingerprint density at radius 3 is 2.44 bits per heavy atom. The third kappa shape index (κ3) is 5.32. The highest BCUT2D eigenvalue weighted by atomic mass is 35.5. The smallest absolute Gasteiger partial charge is 0.262 e. The van der Waals surface area contributed by atoms with Crippen molar-refractivity contribution in [2.24, 2.45) is 10.1 Å². The molecular formula is C26H19ClF2N4O2S. The molecule has 2 atom stereocenters. The molecule has 2 aliphatic rings. The topological polar surface area (TPSA) is 74.1 Å². The fourth-order valence-electron chi connectivity index (χ4n) is 4.00. The van der Waals surface area contributed by atoms with Gasteiger partial charge in [-0.05, 0) is 59.7 Å². The molecule has 36 heavy (non-hydrogen) atoms. The average molecular weight is 525 g/mol. The zero-order valence-electron chi connectivity index (χ0n) is 18.7. The third-order valence-electron chi connectivity index (χ3n) is 5.74. The summed E-state index contributed by atoms with van der Waals surface area (Å²) in [5.74, 6) is -1.57. The lowest BCUT2D eigenvalue weighted by molar-refractivity contribution is -0.121. The van der Waals surface area contributed by atoms with Gasteiger partial charge in [0, 0.05) is 23.6 Å². The molecule has 2 heterocycles. The van der Waals surface area contributed by atoms with Gasteiger partial charge in [0.25, 0.3) is 5.91 Å². The van der Waals surface area contributed by atoms with Crippen LogP contribution < -0.4 is 5.32 Å². The summed E-state index contributed by atoms with van der Waals surface area (Å²) in [6.07, 6.45) is 0.396. The number of anilines is 1. The summed E-state index contributed by atoms with van der Waals surface area (Å²) in [7, 11) is 0.